The Hall–Kier alpha value is -2.28. The number of carbonyl (C=O) groups is 2. The Kier molecular flexibility index (Phi) is 6.93. The van der Waals surface area contributed by atoms with Crippen molar-refractivity contribution in [2.24, 2.45) is 5.41 Å². The number of ether oxygens (including phenoxy) is 1. The number of nitrogens with one attached hydrogen (secondary N) is 1. The molecule has 1 atom stereocenters. The van der Waals surface area contributed by atoms with Gasteiger partial charge in [-0.15, -0.1) is 11.3 Å². The van der Waals surface area contributed by atoms with Gasteiger partial charge < -0.3 is 10.1 Å². The molecule has 2 aromatic rings. The molecule has 1 heterocycles. The number of carbonyl (C=O) groups excluding carboxylic acids is 2. The Bertz CT molecular complexity index is 871. The van der Waals surface area contributed by atoms with Crippen LogP contribution in [0.2, 0.25) is 0 Å². The fourth-order valence-electron chi connectivity index (χ4n) is 2.94. The van der Waals surface area contributed by atoms with Crippen molar-refractivity contribution in [2.75, 3.05) is 11.9 Å². The molecule has 4 nitrogen and oxygen atoms in total. The van der Waals surface area contributed by atoms with E-state index in [4.69, 9.17) is 4.74 Å². The van der Waals surface area contributed by atoms with Crippen LogP contribution < -0.4 is 5.32 Å². The van der Waals surface area contributed by atoms with Crippen molar-refractivity contribution >= 4 is 28.2 Å². The molecule has 1 aromatic heterocycles. The molecule has 0 radical (unpaired) electrons. The summed E-state index contributed by atoms with van der Waals surface area (Å²) in [7, 11) is 0. The van der Waals surface area contributed by atoms with Gasteiger partial charge in [-0.05, 0) is 48.9 Å². The van der Waals surface area contributed by atoms with E-state index in [1.165, 1.54) is 17.4 Å². The van der Waals surface area contributed by atoms with Crippen LogP contribution in [0, 0.1) is 17.0 Å². The van der Waals surface area contributed by atoms with Gasteiger partial charge in [-0.25, -0.2) is 13.6 Å². The monoisotopic (exact) mass is 409 g/mol. The van der Waals surface area contributed by atoms with Crippen LogP contribution in [0.15, 0.2) is 24.3 Å². The highest BCUT2D eigenvalue weighted by molar-refractivity contribution is 7.16. The van der Waals surface area contributed by atoms with Crippen LogP contribution in [0.1, 0.15) is 72.6 Å². The predicted molar refractivity (Wildman–Crippen MR) is 107 cm³/mol. The maximum Gasteiger partial charge on any atom is 0.341 e. The minimum atomic E-state index is -1.11. The summed E-state index contributed by atoms with van der Waals surface area (Å²) in [5, 5.41) is 2.98. The summed E-state index contributed by atoms with van der Waals surface area (Å²) in [6.45, 7) is 10.4. The van der Waals surface area contributed by atoms with Gasteiger partial charge in [-0.1, -0.05) is 27.7 Å². The molecule has 1 aromatic carbocycles. The average Bonchev–Trinajstić information content (AvgIpc) is 3.00. The molecular weight excluding hydrogens is 384 g/mol. The third-order valence-electron chi connectivity index (χ3n) is 4.06. The van der Waals surface area contributed by atoms with Gasteiger partial charge in [0.1, 0.15) is 5.00 Å². The highest BCUT2D eigenvalue weighted by atomic mass is 32.1. The first-order valence-electron chi connectivity index (χ1n) is 9.09. The molecule has 0 fully saturated rings. The molecule has 0 aliphatic heterocycles. The Balaban J connectivity index is 2.33. The van der Waals surface area contributed by atoms with Gasteiger partial charge in [-0.2, -0.15) is 0 Å². The fourth-order valence-corrected chi connectivity index (χ4v) is 4.03. The van der Waals surface area contributed by atoms with E-state index in [0.717, 1.165) is 23.4 Å². The molecule has 1 N–H and O–H groups in total. The number of anilines is 1. The van der Waals surface area contributed by atoms with Gasteiger partial charge in [0, 0.05) is 10.4 Å². The second kappa shape index (κ2) is 8.82. The second-order valence-corrected chi connectivity index (χ2v) is 8.94. The summed E-state index contributed by atoms with van der Waals surface area (Å²) in [6, 6.07) is 4.64. The Morgan fingerprint density at radius 3 is 2.43 bits per heavy atom. The molecule has 0 aliphatic carbocycles. The van der Waals surface area contributed by atoms with Crippen LogP contribution in [0.3, 0.4) is 0 Å². The molecular formula is C21H25F2NO3S. The van der Waals surface area contributed by atoms with E-state index in [1.807, 2.05) is 0 Å². The molecule has 0 spiro atoms. The lowest BCUT2D eigenvalue weighted by Gasteiger charge is -2.22. The van der Waals surface area contributed by atoms with Crippen molar-refractivity contribution in [3.8, 4) is 0 Å². The average molecular weight is 409 g/mol. The van der Waals surface area contributed by atoms with Gasteiger partial charge in [-0.3, -0.25) is 4.79 Å². The Labute approximate surface area is 167 Å². The lowest BCUT2D eigenvalue weighted by Crippen LogP contribution is -2.14. The van der Waals surface area contributed by atoms with E-state index in [0.29, 0.717) is 5.00 Å². The normalized spacial score (nSPS) is 12.5. The molecule has 1 amide bonds. The Morgan fingerprint density at radius 2 is 1.86 bits per heavy atom. The van der Waals surface area contributed by atoms with Crippen molar-refractivity contribution < 1.29 is 23.1 Å². The van der Waals surface area contributed by atoms with E-state index in [9.17, 15) is 18.4 Å². The summed E-state index contributed by atoms with van der Waals surface area (Å²) in [5.41, 5.74) is 0.327. The van der Waals surface area contributed by atoms with Crippen molar-refractivity contribution in [3.05, 3.63) is 51.9 Å². The maximum absolute atomic E-state index is 13.4. The van der Waals surface area contributed by atoms with Gasteiger partial charge in [0.25, 0.3) is 5.91 Å². The molecule has 0 aliphatic rings. The summed E-state index contributed by atoms with van der Waals surface area (Å²) < 4.78 is 31.6. The molecule has 7 heteroatoms. The smallest absolute Gasteiger partial charge is 0.341 e. The van der Waals surface area contributed by atoms with Gasteiger partial charge in [0.05, 0.1) is 12.2 Å². The minimum absolute atomic E-state index is 0.0357. The highest BCUT2D eigenvalue weighted by Gasteiger charge is 2.24. The SMILES string of the molecule is CCOC(=O)c1cc(C(C)CC(C)(C)C)sc1NC(=O)c1ccc(F)c(F)c1. The van der Waals surface area contributed by atoms with Crippen LogP contribution in [0.5, 0.6) is 0 Å². The fraction of sp³-hybridized carbons (Fsp3) is 0.429. The summed E-state index contributed by atoms with van der Waals surface area (Å²) in [6.07, 6.45) is 0.895. The highest BCUT2D eigenvalue weighted by Crippen LogP contribution is 2.38. The Morgan fingerprint density at radius 1 is 1.18 bits per heavy atom. The van der Waals surface area contributed by atoms with Crippen molar-refractivity contribution in [3.63, 3.8) is 0 Å². The molecule has 0 bridgehead atoms. The zero-order valence-electron chi connectivity index (χ0n) is 16.7. The zero-order chi connectivity index (χ0) is 21.1. The molecule has 0 saturated heterocycles. The number of thiophene rings is 1. The molecule has 1 unspecified atom stereocenters. The van der Waals surface area contributed by atoms with Crippen molar-refractivity contribution in [1.29, 1.82) is 0 Å². The number of hydrogen-bond acceptors (Lipinski definition) is 4. The maximum atomic E-state index is 13.4. The van der Waals surface area contributed by atoms with Crippen molar-refractivity contribution in [1.82, 2.24) is 0 Å². The topological polar surface area (TPSA) is 55.4 Å². The van der Waals surface area contributed by atoms with Gasteiger partial charge in [0.15, 0.2) is 11.6 Å². The third-order valence-corrected chi connectivity index (χ3v) is 5.34. The van der Waals surface area contributed by atoms with E-state index >= 15 is 0 Å². The lowest BCUT2D eigenvalue weighted by molar-refractivity contribution is 0.0528. The first-order valence-corrected chi connectivity index (χ1v) is 9.90. The molecule has 0 saturated carbocycles. The number of amides is 1. The molecule has 152 valence electrons. The molecule has 28 heavy (non-hydrogen) atoms. The van der Waals surface area contributed by atoms with Gasteiger partial charge in [0.2, 0.25) is 0 Å². The van der Waals surface area contributed by atoms with Crippen LogP contribution >= 0.6 is 11.3 Å². The number of halogens is 2. The quantitative estimate of drug-likeness (QED) is 0.596. The second-order valence-electron chi connectivity index (χ2n) is 7.86. The number of esters is 1. The lowest BCUT2D eigenvalue weighted by atomic mass is 9.85. The number of hydrogen-bond donors (Lipinski definition) is 1. The largest absolute Gasteiger partial charge is 0.462 e. The van der Waals surface area contributed by atoms with Crippen LogP contribution in [0.25, 0.3) is 0 Å². The standard InChI is InChI=1S/C21H25F2NO3S/c1-6-27-20(26)14-10-17(12(2)11-21(3,4)5)28-19(14)24-18(25)13-7-8-15(22)16(23)9-13/h7-10,12H,6,11H2,1-5H3,(H,24,25). The summed E-state index contributed by atoms with van der Waals surface area (Å²) >= 11 is 1.29. The third kappa shape index (κ3) is 5.61. The van der Waals surface area contributed by atoms with Crippen LogP contribution in [-0.2, 0) is 4.74 Å². The van der Waals surface area contributed by atoms with E-state index in [2.05, 4.69) is 33.0 Å². The van der Waals surface area contributed by atoms with E-state index in [-0.39, 0.29) is 29.1 Å². The van der Waals surface area contributed by atoms with Crippen LogP contribution in [0.4, 0.5) is 13.8 Å². The van der Waals surface area contributed by atoms with E-state index < -0.39 is 23.5 Å². The summed E-state index contributed by atoms with van der Waals surface area (Å²) in [5.74, 6) is -3.12. The number of rotatable bonds is 6. The zero-order valence-corrected chi connectivity index (χ0v) is 17.5. The van der Waals surface area contributed by atoms with Crippen LogP contribution in [-0.4, -0.2) is 18.5 Å². The minimum Gasteiger partial charge on any atom is -0.462 e. The molecule has 2 rings (SSSR count). The summed E-state index contributed by atoms with van der Waals surface area (Å²) in [4.78, 5) is 25.7. The van der Waals surface area contributed by atoms with Gasteiger partial charge >= 0.3 is 5.97 Å². The van der Waals surface area contributed by atoms with Crippen molar-refractivity contribution in [2.45, 2.75) is 47.0 Å². The van der Waals surface area contributed by atoms with E-state index in [1.54, 1.807) is 13.0 Å². The number of benzene rings is 1. The first-order chi connectivity index (χ1) is 13.0. The predicted octanol–water partition coefficient (Wildman–Crippen LogP) is 6.00. The first kappa shape index (κ1) is 22.0.